The van der Waals surface area contributed by atoms with E-state index >= 15 is 0 Å². The van der Waals surface area contributed by atoms with Crippen LogP contribution >= 0.6 is 0 Å². The van der Waals surface area contributed by atoms with Gasteiger partial charge in [0, 0.05) is 18.8 Å². The lowest BCUT2D eigenvalue weighted by Gasteiger charge is -2.28. The Morgan fingerprint density at radius 3 is 3.07 bits per heavy atom. The number of hydrogen-bond donors (Lipinski definition) is 2. The molecule has 3 N–H and O–H groups in total. The van der Waals surface area contributed by atoms with Gasteiger partial charge in [-0.25, -0.2) is 5.01 Å². The Labute approximate surface area is 82.7 Å². The van der Waals surface area contributed by atoms with Crippen LogP contribution in [-0.2, 0) is 6.54 Å². The van der Waals surface area contributed by atoms with Crippen molar-refractivity contribution < 1.29 is 4.79 Å². The van der Waals surface area contributed by atoms with Gasteiger partial charge >= 0.3 is 0 Å². The van der Waals surface area contributed by atoms with E-state index in [9.17, 15) is 4.79 Å². The number of fused-ring (bicyclic) bond motifs is 1. The standard InChI is InChI=1S/C10H13N3O/c1-2-13-6-7-4-3-5-8(11)9(7)10(14)12-13/h3-5H,2,6,11H2,1H3,(H,12,14). The highest BCUT2D eigenvalue weighted by Crippen LogP contribution is 2.21. The Bertz CT molecular complexity index is 376. The maximum Gasteiger partial charge on any atom is 0.268 e. The van der Waals surface area contributed by atoms with Crippen LogP contribution in [0.4, 0.5) is 5.69 Å². The van der Waals surface area contributed by atoms with Crippen LogP contribution < -0.4 is 11.2 Å². The quantitative estimate of drug-likeness (QED) is 0.644. The third-order valence-corrected chi connectivity index (χ3v) is 2.41. The van der Waals surface area contributed by atoms with Crippen molar-refractivity contribution in [3.8, 4) is 0 Å². The van der Waals surface area contributed by atoms with E-state index in [1.54, 1.807) is 6.07 Å². The number of amides is 1. The maximum atomic E-state index is 11.6. The number of hydrogen-bond acceptors (Lipinski definition) is 3. The summed E-state index contributed by atoms with van der Waals surface area (Å²) in [4.78, 5) is 11.6. The highest BCUT2D eigenvalue weighted by molar-refractivity contribution is 6.01. The second-order valence-corrected chi connectivity index (χ2v) is 3.34. The summed E-state index contributed by atoms with van der Waals surface area (Å²) in [6, 6.07) is 5.56. The highest BCUT2D eigenvalue weighted by Gasteiger charge is 2.22. The molecule has 0 spiro atoms. The van der Waals surface area contributed by atoms with Gasteiger partial charge in [0.15, 0.2) is 0 Å². The molecule has 1 aliphatic heterocycles. The van der Waals surface area contributed by atoms with Gasteiger partial charge < -0.3 is 5.73 Å². The molecule has 74 valence electrons. The van der Waals surface area contributed by atoms with Gasteiger partial charge in [0.2, 0.25) is 0 Å². The van der Waals surface area contributed by atoms with Crippen molar-refractivity contribution in [2.75, 3.05) is 12.3 Å². The smallest absolute Gasteiger partial charge is 0.268 e. The molecule has 0 radical (unpaired) electrons. The summed E-state index contributed by atoms with van der Waals surface area (Å²) >= 11 is 0. The van der Waals surface area contributed by atoms with Crippen molar-refractivity contribution in [3.63, 3.8) is 0 Å². The molecule has 2 rings (SSSR count). The van der Waals surface area contributed by atoms with Gasteiger partial charge in [-0.1, -0.05) is 19.1 Å². The summed E-state index contributed by atoms with van der Waals surface area (Å²) in [5, 5.41) is 1.87. The number of nitrogens with one attached hydrogen (secondary N) is 1. The highest BCUT2D eigenvalue weighted by atomic mass is 16.2. The number of carbonyl (C=O) groups is 1. The molecular formula is C10H13N3O. The van der Waals surface area contributed by atoms with Gasteiger partial charge in [0.05, 0.1) is 5.56 Å². The predicted molar refractivity (Wildman–Crippen MR) is 54.4 cm³/mol. The average molecular weight is 191 g/mol. The van der Waals surface area contributed by atoms with Crippen LogP contribution in [0.3, 0.4) is 0 Å². The zero-order valence-corrected chi connectivity index (χ0v) is 8.08. The van der Waals surface area contributed by atoms with E-state index in [4.69, 9.17) is 5.73 Å². The summed E-state index contributed by atoms with van der Waals surface area (Å²) in [5.74, 6) is -0.105. The van der Waals surface area contributed by atoms with Crippen molar-refractivity contribution in [1.29, 1.82) is 0 Å². The largest absolute Gasteiger partial charge is 0.398 e. The zero-order valence-electron chi connectivity index (χ0n) is 8.08. The monoisotopic (exact) mass is 191 g/mol. The van der Waals surface area contributed by atoms with Crippen molar-refractivity contribution >= 4 is 11.6 Å². The van der Waals surface area contributed by atoms with E-state index in [1.807, 2.05) is 24.1 Å². The summed E-state index contributed by atoms with van der Waals surface area (Å²) < 4.78 is 0. The first-order valence-electron chi connectivity index (χ1n) is 4.65. The molecule has 1 heterocycles. The Morgan fingerprint density at radius 1 is 1.57 bits per heavy atom. The van der Waals surface area contributed by atoms with Crippen LogP contribution in [0.25, 0.3) is 0 Å². The summed E-state index contributed by atoms with van der Waals surface area (Å²) in [7, 11) is 0. The fourth-order valence-corrected chi connectivity index (χ4v) is 1.66. The average Bonchev–Trinajstić information content (AvgIpc) is 2.17. The predicted octanol–water partition coefficient (Wildman–Crippen LogP) is 0.749. The topological polar surface area (TPSA) is 58.4 Å². The van der Waals surface area contributed by atoms with E-state index in [2.05, 4.69) is 5.43 Å². The second-order valence-electron chi connectivity index (χ2n) is 3.34. The van der Waals surface area contributed by atoms with Crippen LogP contribution in [0.2, 0.25) is 0 Å². The van der Waals surface area contributed by atoms with Crippen molar-refractivity contribution in [3.05, 3.63) is 29.3 Å². The van der Waals surface area contributed by atoms with Gasteiger partial charge in [0.25, 0.3) is 5.91 Å². The van der Waals surface area contributed by atoms with Gasteiger partial charge in [-0.2, -0.15) is 0 Å². The van der Waals surface area contributed by atoms with E-state index in [-0.39, 0.29) is 5.91 Å². The second kappa shape index (κ2) is 3.31. The molecule has 0 unspecified atom stereocenters. The normalized spacial score (nSPS) is 16.2. The lowest BCUT2D eigenvalue weighted by atomic mass is 10.0. The first-order chi connectivity index (χ1) is 6.72. The Kier molecular flexibility index (Phi) is 2.13. The number of benzene rings is 1. The lowest BCUT2D eigenvalue weighted by molar-refractivity contribution is 0.0747. The Hall–Kier alpha value is -1.55. The van der Waals surface area contributed by atoms with E-state index in [1.165, 1.54) is 0 Å². The van der Waals surface area contributed by atoms with E-state index < -0.39 is 0 Å². The number of nitrogens with two attached hydrogens (primary N) is 1. The molecule has 4 heteroatoms. The lowest BCUT2D eigenvalue weighted by Crippen LogP contribution is -2.46. The minimum atomic E-state index is -0.105. The molecule has 0 aromatic heterocycles. The summed E-state index contributed by atoms with van der Waals surface area (Å²) in [5.41, 5.74) is 10.7. The number of nitrogen functional groups attached to an aromatic ring is 1. The van der Waals surface area contributed by atoms with Crippen molar-refractivity contribution in [1.82, 2.24) is 10.4 Å². The van der Waals surface area contributed by atoms with Crippen LogP contribution in [0.5, 0.6) is 0 Å². The van der Waals surface area contributed by atoms with E-state index in [0.717, 1.165) is 18.7 Å². The van der Waals surface area contributed by atoms with Gasteiger partial charge in [-0.15, -0.1) is 0 Å². The molecule has 1 aliphatic rings. The van der Waals surface area contributed by atoms with Crippen LogP contribution in [0, 0.1) is 0 Å². The first kappa shape index (κ1) is 9.02. The molecular weight excluding hydrogens is 178 g/mol. The molecule has 1 aromatic carbocycles. The van der Waals surface area contributed by atoms with Crippen LogP contribution in [0.15, 0.2) is 18.2 Å². The first-order valence-corrected chi connectivity index (χ1v) is 4.65. The van der Waals surface area contributed by atoms with Crippen LogP contribution in [-0.4, -0.2) is 17.5 Å². The molecule has 1 amide bonds. The number of carbonyl (C=O) groups excluding carboxylic acids is 1. The van der Waals surface area contributed by atoms with Gasteiger partial charge in [-0.3, -0.25) is 10.2 Å². The molecule has 0 bridgehead atoms. The Balaban J connectivity index is 2.45. The fourth-order valence-electron chi connectivity index (χ4n) is 1.66. The molecule has 0 atom stereocenters. The number of hydrazine groups is 1. The molecule has 0 saturated carbocycles. The summed E-state index contributed by atoms with van der Waals surface area (Å²) in [6.07, 6.45) is 0. The Morgan fingerprint density at radius 2 is 2.36 bits per heavy atom. The molecule has 4 nitrogen and oxygen atoms in total. The molecule has 0 saturated heterocycles. The number of nitrogens with zero attached hydrogens (tertiary/aromatic N) is 1. The van der Waals surface area contributed by atoms with E-state index in [0.29, 0.717) is 11.3 Å². The van der Waals surface area contributed by atoms with Crippen LogP contribution in [0.1, 0.15) is 22.8 Å². The molecule has 0 aliphatic carbocycles. The van der Waals surface area contributed by atoms with Gasteiger partial charge in [0.1, 0.15) is 0 Å². The SMILES string of the molecule is CCN1Cc2cccc(N)c2C(=O)N1. The van der Waals surface area contributed by atoms with Crippen molar-refractivity contribution in [2.24, 2.45) is 0 Å². The number of anilines is 1. The third kappa shape index (κ3) is 1.33. The van der Waals surface area contributed by atoms with Crippen molar-refractivity contribution in [2.45, 2.75) is 13.5 Å². The zero-order chi connectivity index (χ0) is 10.1. The fraction of sp³-hybridized carbons (Fsp3) is 0.300. The number of rotatable bonds is 1. The third-order valence-electron chi connectivity index (χ3n) is 2.41. The minimum Gasteiger partial charge on any atom is -0.398 e. The molecule has 14 heavy (non-hydrogen) atoms. The minimum absolute atomic E-state index is 0.105. The van der Waals surface area contributed by atoms with Gasteiger partial charge in [-0.05, 0) is 11.6 Å². The summed E-state index contributed by atoms with van der Waals surface area (Å²) in [6.45, 7) is 3.51. The maximum absolute atomic E-state index is 11.6. The molecule has 0 fully saturated rings. The molecule has 1 aromatic rings.